The molecule has 0 atom stereocenters. The second kappa shape index (κ2) is 6.60. The van der Waals surface area contributed by atoms with Crippen LogP contribution in [0.1, 0.15) is 38.5 Å². The van der Waals surface area contributed by atoms with Crippen LogP contribution in [-0.4, -0.2) is 37.8 Å². The van der Waals surface area contributed by atoms with Gasteiger partial charge in [0.1, 0.15) is 0 Å². The summed E-state index contributed by atoms with van der Waals surface area (Å²) in [5.41, 5.74) is -0.0892. The molecule has 0 saturated heterocycles. The van der Waals surface area contributed by atoms with E-state index < -0.39 is 10.0 Å². The number of hydrogen-bond donors (Lipinski definition) is 1. The molecule has 1 amide bonds. The Morgan fingerprint density at radius 3 is 2.12 bits per heavy atom. The van der Waals surface area contributed by atoms with Crippen molar-refractivity contribution in [2.45, 2.75) is 49.0 Å². The molecule has 0 unspecified atom stereocenters. The van der Waals surface area contributed by atoms with Crippen LogP contribution in [0.4, 0.5) is 0 Å². The fourth-order valence-corrected chi connectivity index (χ4v) is 7.06. The number of likely N-dealkylation sites (N-methyl/N-ethyl adjacent to an activating group) is 1. The number of sulfonamides is 1. The maximum absolute atomic E-state index is 12.7. The van der Waals surface area contributed by atoms with Crippen molar-refractivity contribution in [1.29, 1.82) is 0 Å². The highest BCUT2D eigenvalue weighted by Gasteiger charge is 2.51. The van der Waals surface area contributed by atoms with E-state index in [2.05, 4.69) is 21.2 Å². The van der Waals surface area contributed by atoms with Gasteiger partial charge < -0.3 is 5.32 Å². The van der Waals surface area contributed by atoms with Gasteiger partial charge >= 0.3 is 0 Å². The minimum atomic E-state index is -3.67. The monoisotopic (exact) mass is 440 g/mol. The summed E-state index contributed by atoms with van der Waals surface area (Å²) in [6.07, 6.45) is 7.13. The molecule has 0 aliphatic heterocycles. The maximum Gasteiger partial charge on any atom is 0.243 e. The van der Waals surface area contributed by atoms with Gasteiger partial charge in [-0.1, -0.05) is 15.9 Å². The van der Waals surface area contributed by atoms with E-state index in [0.29, 0.717) is 0 Å². The first-order chi connectivity index (χ1) is 12.3. The van der Waals surface area contributed by atoms with Crippen molar-refractivity contribution in [2.75, 3.05) is 13.6 Å². The second-order valence-electron chi connectivity index (χ2n) is 8.46. The number of benzene rings is 1. The molecular weight excluding hydrogens is 416 g/mol. The number of carbonyl (C=O) groups is 1. The summed E-state index contributed by atoms with van der Waals surface area (Å²) in [6, 6.07) is 6.48. The smallest absolute Gasteiger partial charge is 0.243 e. The average Bonchev–Trinajstić information content (AvgIpc) is 2.53. The second-order valence-corrected chi connectivity index (χ2v) is 11.4. The van der Waals surface area contributed by atoms with Gasteiger partial charge in [-0.2, -0.15) is 4.31 Å². The van der Waals surface area contributed by atoms with Crippen molar-refractivity contribution in [3.8, 4) is 0 Å². The third-order valence-electron chi connectivity index (χ3n) is 6.33. The van der Waals surface area contributed by atoms with Crippen molar-refractivity contribution in [1.82, 2.24) is 9.62 Å². The minimum Gasteiger partial charge on any atom is -0.349 e. The molecular formula is C19H25BrN2O3S. The Morgan fingerprint density at radius 2 is 1.62 bits per heavy atom. The molecule has 1 N–H and O–H groups in total. The highest BCUT2D eigenvalue weighted by atomic mass is 79.9. The van der Waals surface area contributed by atoms with E-state index in [9.17, 15) is 13.2 Å². The van der Waals surface area contributed by atoms with Crippen LogP contribution in [0, 0.1) is 17.8 Å². The van der Waals surface area contributed by atoms with E-state index in [4.69, 9.17) is 0 Å². The van der Waals surface area contributed by atoms with Crippen LogP contribution in [0.3, 0.4) is 0 Å². The van der Waals surface area contributed by atoms with E-state index in [1.165, 1.54) is 26.3 Å². The van der Waals surface area contributed by atoms with E-state index in [-0.39, 0.29) is 22.9 Å². The van der Waals surface area contributed by atoms with Crippen LogP contribution >= 0.6 is 15.9 Å². The number of hydrogen-bond acceptors (Lipinski definition) is 3. The lowest BCUT2D eigenvalue weighted by atomic mass is 9.53. The predicted octanol–water partition coefficient (Wildman–Crippen LogP) is 3.15. The molecule has 1 aromatic carbocycles. The largest absolute Gasteiger partial charge is 0.349 e. The van der Waals surface area contributed by atoms with Gasteiger partial charge in [-0.3, -0.25) is 4.79 Å². The number of halogens is 1. The van der Waals surface area contributed by atoms with Crippen LogP contribution in [0.2, 0.25) is 0 Å². The Morgan fingerprint density at radius 1 is 1.12 bits per heavy atom. The van der Waals surface area contributed by atoms with Crippen molar-refractivity contribution in [3.05, 3.63) is 28.7 Å². The van der Waals surface area contributed by atoms with Crippen LogP contribution in [0.5, 0.6) is 0 Å². The SMILES string of the molecule is CN(CC(=O)NC12CC3CC(CC(C3)C1)C2)S(=O)(=O)c1ccc(Br)cc1. The number of nitrogens with one attached hydrogen (secondary N) is 1. The number of nitrogens with zero attached hydrogens (tertiary/aromatic N) is 1. The molecule has 0 aromatic heterocycles. The lowest BCUT2D eigenvalue weighted by Gasteiger charge is -2.57. The van der Waals surface area contributed by atoms with Crippen molar-refractivity contribution in [2.24, 2.45) is 17.8 Å². The molecule has 4 bridgehead atoms. The molecule has 0 heterocycles. The van der Waals surface area contributed by atoms with Gasteiger partial charge in [-0.25, -0.2) is 8.42 Å². The summed E-state index contributed by atoms with van der Waals surface area (Å²) in [7, 11) is -2.20. The molecule has 4 fully saturated rings. The van der Waals surface area contributed by atoms with Crippen molar-refractivity contribution < 1.29 is 13.2 Å². The van der Waals surface area contributed by atoms with E-state index in [1.807, 2.05) is 0 Å². The molecule has 4 aliphatic rings. The Hall–Kier alpha value is -0.920. The van der Waals surface area contributed by atoms with Gasteiger partial charge in [0.15, 0.2) is 0 Å². The number of amides is 1. The Labute approximate surface area is 163 Å². The first kappa shape index (κ1) is 18.4. The zero-order valence-corrected chi connectivity index (χ0v) is 17.4. The van der Waals surface area contributed by atoms with E-state index in [1.54, 1.807) is 24.3 Å². The predicted molar refractivity (Wildman–Crippen MR) is 103 cm³/mol. The van der Waals surface area contributed by atoms with Gasteiger partial charge in [-0.15, -0.1) is 0 Å². The molecule has 4 aliphatic carbocycles. The molecule has 26 heavy (non-hydrogen) atoms. The molecule has 0 spiro atoms. The first-order valence-corrected chi connectivity index (χ1v) is 11.5. The Kier molecular flexibility index (Phi) is 4.68. The van der Waals surface area contributed by atoms with E-state index in [0.717, 1.165) is 45.8 Å². The molecule has 0 radical (unpaired) electrons. The normalized spacial score (nSPS) is 32.8. The van der Waals surface area contributed by atoms with Crippen LogP contribution < -0.4 is 5.32 Å². The van der Waals surface area contributed by atoms with Crippen LogP contribution in [0.25, 0.3) is 0 Å². The molecule has 7 heteroatoms. The lowest BCUT2D eigenvalue weighted by molar-refractivity contribution is -0.126. The summed E-state index contributed by atoms with van der Waals surface area (Å²) < 4.78 is 27.3. The third-order valence-corrected chi connectivity index (χ3v) is 8.68. The molecule has 5 rings (SSSR count). The van der Waals surface area contributed by atoms with Crippen molar-refractivity contribution >= 4 is 31.9 Å². The van der Waals surface area contributed by atoms with Gasteiger partial charge in [0.2, 0.25) is 15.9 Å². The number of carbonyl (C=O) groups excluding carboxylic acids is 1. The van der Waals surface area contributed by atoms with Crippen LogP contribution in [0.15, 0.2) is 33.6 Å². The lowest BCUT2D eigenvalue weighted by Crippen LogP contribution is -2.61. The standard InChI is InChI=1S/C19H25BrN2O3S/c1-22(26(24,25)17-4-2-16(20)3-5-17)12-18(23)21-19-9-13-6-14(10-19)8-15(7-13)11-19/h2-5,13-15H,6-12H2,1H3,(H,21,23). The quantitative estimate of drug-likeness (QED) is 0.764. The summed E-state index contributed by atoms with van der Waals surface area (Å²) in [5, 5.41) is 3.24. The fourth-order valence-electron chi connectivity index (χ4n) is 5.67. The number of rotatable bonds is 5. The Balaban J connectivity index is 1.42. The molecule has 5 nitrogen and oxygen atoms in total. The summed E-state index contributed by atoms with van der Waals surface area (Å²) in [5.74, 6) is 2.04. The maximum atomic E-state index is 12.7. The van der Waals surface area contributed by atoms with E-state index >= 15 is 0 Å². The topological polar surface area (TPSA) is 66.5 Å². The van der Waals surface area contributed by atoms with Gasteiger partial charge in [0, 0.05) is 17.1 Å². The highest BCUT2D eigenvalue weighted by Crippen LogP contribution is 2.55. The molecule has 142 valence electrons. The summed E-state index contributed by atoms with van der Waals surface area (Å²) in [6.45, 7) is -0.139. The zero-order valence-electron chi connectivity index (χ0n) is 14.9. The van der Waals surface area contributed by atoms with Gasteiger partial charge in [0.25, 0.3) is 0 Å². The third kappa shape index (κ3) is 3.45. The highest BCUT2D eigenvalue weighted by molar-refractivity contribution is 9.10. The molecule has 4 saturated carbocycles. The molecule has 1 aromatic rings. The van der Waals surface area contributed by atoms with Crippen molar-refractivity contribution in [3.63, 3.8) is 0 Å². The minimum absolute atomic E-state index is 0.0892. The van der Waals surface area contributed by atoms with Gasteiger partial charge in [0.05, 0.1) is 11.4 Å². The van der Waals surface area contributed by atoms with Crippen LogP contribution in [-0.2, 0) is 14.8 Å². The fraction of sp³-hybridized carbons (Fsp3) is 0.632. The first-order valence-electron chi connectivity index (χ1n) is 9.29. The summed E-state index contributed by atoms with van der Waals surface area (Å²) in [4.78, 5) is 12.8. The zero-order chi connectivity index (χ0) is 18.5. The Bertz CT molecular complexity index is 771. The summed E-state index contributed by atoms with van der Waals surface area (Å²) >= 11 is 3.30. The average molecular weight is 441 g/mol. The van der Waals surface area contributed by atoms with Gasteiger partial charge in [-0.05, 0) is 80.5 Å².